The molecule has 0 aromatic rings. The van der Waals surface area contributed by atoms with E-state index in [1.807, 2.05) is 6.92 Å². The number of aliphatic hydroxyl groups excluding tert-OH is 1. The molecule has 0 aromatic heterocycles. The molecule has 0 heterocycles. The van der Waals surface area contributed by atoms with Crippen LogP contribution in [0.25, 0.3) is 0 Å². The molecule has 0 radical (unpaired) electrons. The lowest BCUT2D eigenvalue weighted by Gasteiger charge is -2.50. The lowest BCUT2D eigenvalue weighted by Crippen LogP contribution is -2.53. The molecule has 3 unspecified atom stereocenters. The van der Waals surface area contributed by atoms with E-state index < -0.39 is 5.60 Å². The Morgan fingerprint density at radius 2 is 1.75 bits per heavy atom. The minimum absolute atomic E-state index is 0.0940. The molecule has 1 saturated carbocycles. The SMILES string of the molecule is CCCC(C)(CO)C1(O)CC(C)CC(C)C1. The fourth-order valence-electron chi connectivity index (χ4n) is 3.59. The van der Waals surface area contributed by atoms with Crippen LogP contribution in [0.4, 0.5) is 0 Å². The third-order valence-electron chi connectivity index (χ3n) is 4.45. The summed E-state index contributed by atoms with van der Waals surface area (Å²) in [6.45, 7) is 8.68. The predicted molar refractivity (Wildman–Crippen MR) is 67.2 cm³/mol. The number of hydrogen-bond acceptors (Lipinski definition) is 2. The highest BCUT2D eigenvalue weighted by atomic mass is 16.3. The first-order valence-electron chi connectivity index (χ1n) is 6.70. The summed E-state index contributed by atoms with van der Waals surface area (Å²) >= 11 is 0. The second kappa shape index (κ2) is 5.05. The fourth-order valence-corrected chi connectivity index (χ4v) is 3.59. The van der Waals surface area contributed by atoms with Crippen molar-refractivity contribution >= 4 is 0 Å². The molecule has 0 spiro atoms. The van der Waals surface area contributed by atoms with Crippen LogP contribution in [0, 0.1) is 17.3 Å². The van der Waals surface area contributed by atoms with Gasteiger partial charge in [0.1, 0.15) is 0 Å². The van der Waals surface area contributed by atoms with Crippen molar-refractivity contribution in [3.63, 3.8) is 0 Å². The van der Waals surface area contributed by atoms with E-state index in [4.69, 9.17) is 0 Å². The molecule has 1 aliphatic carbocycles. The minimum atomic E-state index is -0.672. The van der Waals surface area contributed by atoms with Gasteiger partial charge in [-0.2, -0.15) is 0 Å². The summed E-state index contributed by atoms with van der Waals surface area (Å²) < 4.78 is 0. The average Bonchev–Trinajstić information content (AvgIpc) is 2.15. The summed E-state index contributed by atoms with van der Waals surface area (Å²) in [6, 6.07) is 0. The van der Waals surface area contributed by atoms with Crippen LogP contribution >= 0.6 is 0 Å². The first-order chi connectivity index (χ1) is 7.37. The van der Waals surface area contributed by atoms with Gasteiger partial charge in [0.2, 0.25) is 0 Å². The van der Waals surface area contributed by atoms with Crippen molar-refractivity contribution in [1.29, 1.82) is 0 Å². The molecule has 2 N–H and O–H groups in total. The molecule has 0 bridgehead atoms. The van der Waals surface area contributed by atoms with Gasteiger partial charge in [-0.05, 0) is 37.5 Å². The van der Waals surface area contributed by atoms with E-state index in [1.54, 1.807) is 0 Å². The third-order valence-corrected chi connectivity index (χ3v) is 4.45. The van der Waals surface area contributed by atoms with Crippen molar-refractivity contribution in [3.8, 4) is 0 Å². The number of aliphatic hydroxyl groups is 2. The van der Waals surface area contributed by atoms with Gasteiger partial charge < -0.3 is 10.2 Å². The highest BCUT2D eigenvalue weighted by molar-refractivity contribution is 5.00. The molecule has 0 aromatic carbocycles. The van der Waals surface area contributed by atoms with Crippen molar-refractivity contribution in [1.82, 2.24) is 0 Å². The molecule has 2 nitrogen and oxygen atoms in total. The molecule has 0 aliphatic heterocycles. The van der Waals surface area contributed by atoms with Crippen LogP contribution in [0.1, 0.15) is 59.8 Å². The van der Waals surface area contributed by atoms with Crippen LogP contribution in [0.3, 0.4) is 0 Å². The minimum Gasteiger partial charge on any atom is -0.396 e. The quantitative estimate of drug-likeness (QED) is 0.776. The van der Waals surface area contributed by atoms with E-state index in [0.717, 1.165) is 25.7 Å². The van der Waals surface area contributed by atoms with E-state index in [9.17, 15) is 10.2 Å². The Labute approximate surface area is 100 Å². The maximum atomic E-state index is 10.9. The smallest absolute Gasteiger partial charge is 0.0728 e. The summed E-state index contributed by atoms with van der Waals surface area (Å²) in [4.78, 5) is 0. The van der Waals surface area contributed by atoms with Gasteiger partial charge in [-0.25, -0.2) is 0 Å². The Morgan fingerprint density at radius 3 is 2.12 bits per heavy atom. The molecular weight excluding hydrogens is 200 g/mol. The van der Waals surface area contributed by atoms with Crippen molar-refractivity contribution < 1.29 is 10.2 Å². The summed E-state index contributed by atoms with van der Waals surface area (Å²) in [5.41, 5.74) is -1.00. The van der Waals surface area contributed by atoms with Crippen LogP contribution in [-0.4, -0.2) is 22.4 Å². The first-order valence-corrected chi connectivity index (χ1v) is 6.70. The summed E-state index contributed by atoms with van der Waals surface area (Å²) in [5, 5.41) is 20.5. The van der Waals surface area contributed by atoms with Gasteiger partial charge in [-0.1, -0.05) is 34.1 Å². The topological polar surface area (TPSA) is 40.5 Å². The van der Waals surface area contributed by atoms with Gasteiger partial charge in [0.05, 0.1) is 12.2 Å². The molecule has 2 heteroatoms. The molecule has 0 amide bonds. The maximum Gasteiger partial charge on any atom is 0.0728 e. The second-order valence-corrected chi connectivity index (χ2v) is 6.35. The van der Waals surface area contributed by atoms with Crippen LogP contribution in [0.15, 0.2) is 0 Å². The van der Waals surface area contributed by atoms with Gasteiger partial charge in [-0.3, -0.25) is 0 Å². The zero-order valence-corrected chi connectivity index (χ0v) is 11.3. The Balaban J connectivity index is 2.88. The standard InChI is InChI=1S/C14H28O2/c1-5-6-13(4,10-15)14(16)8-11(2)7-12(3)9-14/h11-12,15-16H,5-10H2,1-4H3. The normalized spacial score (nSPS) is 39.4. The van der Waals surface area contributed by atoms with Gasteiger partial charge in [-0.15, -0.1) is 0 Å². The summed E-state index contributed by atoms with van der Waals surface area (Å²) in [5.74, 6) is 1.13. The molecule has 1 rings (SSSR count). The third kappa shape index (κ3) is 2.60. The van der Waals surface area contributed by atoms with E-state index in [0.29, 0.717) is 11.8 Å². The molecule has 0 saturated heterocycles. The molecule has 1 aliphatic rings. The number of rotatable bonds is 4. The highest BCUT2D eigenvalue weighted by Crippen LogP contribution is 2.48. The molecular formula is C14H28O2. The Morgan fingerprint density at radius 1 is 1.25 bits per heavy atom. The summed E-state index contributed by atoms with van der Waals surface area (Å²) in [6.07, 6.45) is 4.81. The highest BCUT2D eigenvalue weighted by Gasteiger charge is 2.49. The lowest BCUT2D eigenvalue weighted by atomic mass is 9.60. The van der Waals surface area contributed by atoms with E-state index in [1.165, 1.54) is 6.42 Å². The van der Waals surface area contributed by atoms with Gasteiger partial charge in [0, 0.05) is 5.41 Å². The van der Waals surface area contributed by atoms with E-state index in [-0.39, 0.29) is 12.0 Å². The second-order valence-electron chi connectivity index (χ2n) is 6.35. The first kappa shape index (κ1) is 14.0. The van der Waals surface area contributed by atoms with Crippen molar-refractivity contribution in [2.24, 2.45) is 17.3 Å². The Kier molecular flexibility index (Phi) is 4.42. The molecule has 1 fully saturated rings. The van der Waals surface area contributed by atoms with Crippen LogP contribution in [0.5, 0.6) is 0 Å². The largest absolute Gasteiger partial charge is 0.396 e. The van der Waals surface area contributed by atoms with Crippen LogP contribution in [0.2, 0.25) is 0 Å². The fraction of sp³-hybridized carbons (Fsp3) is 1.00. The maximum absolute atomic E-state index is 10.9. The van der Waals surface area contributed by atoms with Crippen molar-refractivity contribution in [2.45, 2.75) is 65.4 Å². The zero-order valence-electron chi connectivity index (χ0n) is 11.3. The molecule has 3 atom stereocenters. The lowest BCUT2D eigenvalue weighted by molar-refractivity contribution is -0.144. The van der Waals surface area contributed by atoms with Crippen molar-refractivity contribution in [3.05, 3.63) is 0 Å². The Bertz CT molecular complexity index is 217. The van der Waals surface area contributed by atoms with Crippen LogP contribution in [-0.2, 0) is 0 Å². The zero-order chi connectivity index (χ0) is 12.4. The van der Waals surface area contributed by atoms with Gasteiger partial charge >= 0.3 is 0 Å². The van der Waals surface area contributed by atoms with E-state index >= 15 is 0 Å². The summed E-state index contributed by atoms with van der Waals surface area (Å²) in [7, 11) is 0. The van der Waals surface area contributed by atoms with Crippen LogP contribution < -0.4 is 0 Å². The molecule has 16 heavy (non-hydrogen) atoms. The number of hydrogen-bond donors (Lipinski definition) is 2. The van der Waals surface area contributed by atoms with Gasteiger partial charge in [0.15, 0.2) is 0 Å². The van der Waals surface area contributed by atoms with E-state index in [2.05, 4.69) is 20.8 Å². The molecule has 96 valence electrons. The Hall–Kier alpha value is -0.0800. The monoisotopic (exact) mass is 228 g/mol. The predicted octanol–water partition coefficient (Wildman–Crippen LogP) is 2.97. The van der Waals surface area contributed by atoms with Crippen molar-refractivity contribution in [2.75, 3.05) is 6.61 Å². The van der Waals surface area contributed by atoms with Gasteiger partial charge in [0.25, 0.3) is 0 Å². The average molecular weight is 228 g/mol.